The van der Waals surface area contributed by atoms with Crippen LogP contribution in [0, 0.1) is 0 Å². The van der Waals surface area contributed by atoms with Crippen molar-refractivity contribution in [2.75, 3.05) is 4.67 Å². The molecular weight excluding hydrogens is 383 g/mol. The van der Waals surface area contributed by atoms with Crippen LogP contribution >= 0.6 is 31.1 Å². The molecule has 2 atom stereocenters. The van der Waals surface area contributed by atoms with Crippen molar-refractivity contribution in [3.63, 3.8) is 0 Å². The maximum absolute atomic E-state index is 14.5. The first-order chi connectivity index (χ1) is 12.6. The highest BCUT2D eigenvalue weighted by atomic mass is 35.5. The number of rotatable bonds is 3. The number of hydrogen-bond donors (Lipinski definition) is 1. The topological polar surface area (TPSA) is 32.3 Å². The first kappa shape index (κ1) is 17.3. The minimum absolute atomic E-state index is 0.452. The lowest BCUT2D eigenvalue weighted by molar-refractivity contribution is 0.574. The van der Waals surface area contributed by atoms with Gasteiger partial charge in [-0.25, -0.2) is 0 Å². The Bertz CT molecular complexity index is 997. The summed E-state index contributed by atoms with van der Waals surface area (Å²) in [6, 6.07) is 26.5. The molecule has 0 spiro atoms. The van der Waals surface area contributed by atoms with Gasteiger partial charge >= 0.3 is 0 Å². The Morgan fingerprint density at radius 2 is 1.58 bits per heavy atom. The summed E-state index contributed by atoms with van der Waals surface area (Å²) >= 11 is 11.8. The number of nitrogens with one attached hydrogen (secondary N) is 1. The summed E-state index contributed by atoms with van der Waals surface area (Å²) in [5, 5.41) is 5.08. The van der Waals surface area contributed by atoms with E-state index in [9.17, 15) is 4.57 Å². The van der Waals surface area contributed by atoms with Crippen LogP contribution in [-0.4, -0.2) is 5.11 Å². The molecule has 6 heteroatoms. The van der Waals surface area contributed by atoms with Gasteiger partial charge in [-0.1, -0.05) is 60.1 Å². The van der Waals surface area contributed by atoms with Crippen LogP contribution in [0.3, 0.4) is 0 Å². The Hall–Kier alpha value is -2.13. The molecule has 0 aromatic heterocycles. The summed E-state index contributed by atoms with van der Waals surface area (Å²) in [6.45, 7) is 0. The third-order valence-corrected chi connectivity index (χ3v) is 8.25. The Morgan fingerprint density at radius 1 is 0.923 bits per heavy atom. The Morgan fingerprint density at radius 3 is 2.23 bits per heavy atom. The van der Waals surface area contributed by atoms with E-state index in [1.165, 1.54) is 0 Å². The highest BCUT2D eigenvalue weighted by Gasteiger charge is 2.50. The molecule has 0 bridgehead atoms. The van der Waals surface area contributed by atoms with Gasteiger partial charge in [0.25, 0.3) is 0 Å². The molecule has 1 heterocycles. The van der Waals surface area contributed by atoms with Gasteiger partial charge < -0.3 is 5.32 Å². The van der Waals surface area contributed by atoms with Gasteiger partial charge in [0.05, 0.1) is 5.69 Å². The molecule has 1 fully saturated rings. The number of benzene rings is 3. The second-order valence-electron chi connectivity index (χ2n) is 6.01. The zero-order chi connectivity index (χ0) is 18.1. The fraction of sp³-hybridized carbons (Fsp3) is 0.0500. The van der Waals surface area contributed by atoms with E-state index in [2.05, 4.69) is 5.32 Å². The van der Waals surface area contributed by atoms with Crippen molar-refractivity contribution >= 4 is 47.2 Å². The predicted octanol–water partition coefficient (Wildman–Crippen LogP) is 5.34. The van der Waals surface area contributed by atoms with E-state index in [0.717, 1.165) is 16.6 Å². The van der Waals surface area contributed by atoms with Crippen LogP contribution in [-0.2, 0) is 4.57 Å². The Labute approximate surface area is 163 Å². The van der Waals surface area contributed by atoms with Crippen LogP contribution in [0.4, 0.5) is 5.69 Å². The van der Waals surface area contributed by atoms with E-state index in [1.807, 2.05) is 78.9 Å². The van der Waals surface area contributed by atoms with Crippen LogP contribution in [0.15, 0.2) is 84.9 Å². The van der Waals surface area contributed by atoms with Crippen molar-refractivity contribution < 1.29 is 4.57 Å². The quantitative estimate of drug-likeness (QED) is 0.477. The SMILES string of the molecule is O=[P@]1(c2ccccc2)[C@H](c2cccc(Cl)c2)NC(=S)N1c1ccccc1. The summed E-state index contributed by atoms with van der Waals surface area (Å²) in [5.74, 6) is -0.462. The zero-order valence-electron chi connectivity index (χ0n) is 13.7. The standard InChI is InChI=1S/C20H16ClN2OPS/c21-16-9-7-8-15(14-16)19-22-20(26)23(17-10-3-1-4-11-17)25(19,24)18-12-5-2-6-13-18/h1-14,19H,(H,22,26)/t19-,25-/m1/s1. The van der Waals surface area contributed by atoms with Crippen LogP contribution in [0.25, 0.3) is 0 Å². The van der Waals surface area contributed by atoms with Crippen molar-refractivity contribution in [3.05, 3.63) is 95.5 Å². The molecule has 3 nitrogen and oxygen atoms in total. The summed E-state index contributed by atoms with van der Waals surface area (Å²) in [7, 11) is -3.14. The van der Waals surface area contributed by atoms with Crippen molar-refractivity contribution in [1.82, 2.24) is 5.32 Å². The van der Waals surface area contributed by atoms with Crippen LogP contribution in [0.2, 0.25) is 5.02 Å². The van der Waals surface area contributed by atoms with Crippen LogP contribution < -0.4 is 15.3 Å². The molecule has 0 aliphatic carbocycles. The lowest BCUT2D eigenvalue weighted by Gasteiger charge is -2.28. The summed E-state index contributed by atoms with van der Waals surface area (Å²) in [4.78, 5) is 0. The third-order valence-electron chi connectivity index (χ3n) is 4.39. The zero-order valence-corrected chi connectivity index (χ0v) is 16.2. The molecule has 1 aliphatic heterocycles. The van der Waals surface area contributed by atoms with E-state index < -0.39 is 13.1 Å². The molecule has 0 saturated carbocycles. The van der Waals surface area contributed by atoms with E-state index in [-0.39, 0.29) is 0 Å². The number of halogens is 1. The van der Waals surface area contributed by atoms with Crippen molar-refractivity contribution in [2.45, 2.75) is 5.78 Å². The van der Waals surface area contributed by atoms with Gasteiger partial charge in [-0.2, -0.15) is 0 Å². The molecule has 26 heavy (non-hydrogen) atoms. The smallest absolute Gasteiger partial charge is 0.232 e. The van der Waals surface area contributed by atoms with Crippen molar-refractivity contribution in [1.29, 1.82) is 0 Å². The van der Waals surface area contributed by atoms with Gasteiger partial charge in [-0.05, 0) is 54.2 Å². The van der Waals surface area contributed by atoms with Gasteiger partial charge in [-0.15, -0.1) is 0 Å². The second-order valence-corrected chi connectivity index (χ2v) is 9.51. The summed E-state index contributed by atoms with van der Waals surface area (Å²) in [5.41, 5.74) is 1.66. The van der Waals surface area contributed by atoms with Gasteiger partial charge in [0.15, 0.2) is 5.11 Å². The second kappa shape index (κ2) is 6.88. The number of thiocarbonyl (C=S) groups is 1. The molecule has 4 rings (SSSR count). The number of hydrogen-bond acceptors (Lipinski definition) is 2. The molecule has 0 radical (unpaired) electrons. The molecule has 130 valence electrons. The van der Waals surface area contributed by atoms with Gasteiger partial charge in [0.1, 0.15) is 5.78 Å². The van der Waals surface area contributed by atoms with Crippen LogP contribution in [0.1, 0.15) is 11.3 Å². The highest BCUT2D eigenvalue weighted by molar-refractivity contribution is 7.84. The number of nitrogens with zero attached hydrogens (tertiary/aromatic N) is 1. The van der Waals surface area contributed by atoms with Gasteiger partial charge in [0, 0.05) is 10.3 Å². The van der Waals surface area contributed by atoms with E-state index in [0.29, 0.717) is 10.1 Å². The van der Waals surface area contributed by atoms with E-state index in [4.69, 9.17) is 23.8 Å². The predicted molar refractivity (Wildman–Crippen MR) is 113 cm³/mol. The van der Waals surface area contributed by atoms with E-state index >= 15 is 0 Å². The fourth-order valence-electron chi connectivity index (χ4n) is 3.24. The molecule has 0 amide bonds. The minimum atomic E-state index is -3.14. The van der Waals surface area contributed by atoms with Crippen molar-refractivity contribution in [2.24, 2.45) is 0 Å². The largest absolute Gasteiger partial charge is 0.346 e. The first-order valence-corrected chi connectivity index (χ1v) is 10.7. The van der Waals surface area contributed by atoms with E-state index in [1.54, 1.807) is 10.7 Å². The van der Waals surface area contributed by atoms with Gasteiger partial charge in [-0.3, -0.25) is 9.24 Å². The average molecular weight is 399 g/mol. The average Bonchev–Trinajstić information content (AvgIpc) is 2.95. The normalized spacial score (nSPS) is 22.3. The Balaban J connectivity index is 1.93. The lowest BCUT2D eigenvalue weighted by atomic mass is 10.2. The lowest BCUT2D eigenvalue weighted by Crippen LogP contribution is -2.27. The summed E-state index contributed by atoms with van der Waals surface area (Å²) in [6.07, 6.45) is 0. The van der Waals surface area contributed by atoms with Crippen molar-refractivity contribution in [3.8, 4) is 0 Å². The minimum Gasteiger partial charge on any atom is -0.346 e. The highest BCUT2D eigenvalue weighted by Crippen LogP contribution is 2.64. The fourth-order valence-corrected chi connectivity index (χ4v) is 7.14. The first-order valence-electron chi connectivity index (χ1n) is 8.17. The number of para-hydroxylation sites is 1. The number of anilines is 1. The molecule has 0 unspecified atom stereocenters. The molecule has 1 aliphatic rings. The monoisotopic (exact) mass is 398 g/mol. The molecule has 3 aromatic rings. The maximum atomic E-state index is 14.5. The maximum Gasteiger partial charge on any atom is 0.232 e. The van der Waals surface area contributed by atoms with Gasteiger partial charge in [0.2, 0.25) is 7.29 Å². The van der Waals surface area contributed by atoms with Crippen LogP contribution in [0.5, 0.6) is 0 Å². The molecule has 1 N–H and O–H groups in total. The molecular formula is C20H16ClN2OPS. The summed E-state index contributed by atoms with van der Waals surface area (Å²) < 4.78 is 16.3. The Kier molecular flexibility index (Phi) is 4.58. The molecule has 1 saturated heterocycles. The third kappa shape index (κ3) is 2.84. The molecule has 3 aromatic carbocycles.